The van der Waals surface area contributed by atoms with Crippen LogP contribution in [0.2, 0.25) is 25.2 Å². The summed E-state index contributed by atoms with van der Waals surface area (Å²) in [5.41, 5.74) is 0. The van der Waals surface area contributed by atoms with Gasteiger partial charge in [0.25, 0.3) is 0 Å². The monoisotopic (exact) mass is 440 g/mol. The van der Waals surface area contributed by atoms with Crippen LogP contribution in [0.4, 0.5) is 13.2 Å². The van der Waals surface area contributed by atoms with Gasteiger partial charge in [-0.25, -0.2) is 0 Å². The highest BCUT2D eigenvalue weighted by atomic mass is 35.5. The van der Waals surface area contributed by atoms with Crippen molar-refractivity contribution in [2.45, 2.75) is 70.9 Å². The van der Waals surface area contributed by atoms with E-state index < -0.39 is 29.7 Å². The lowest BCUT2D eigenvalue weighted by atomic mass is 10.5. The molecule has 0 saturated carbocycles. The topological polar surface area (TPSA) is 36.9 Å². The third kappa shape index (κ3) is 16.5. The van der Waals surface area contributed by atoms with Crippen LogP contribution in [-0.2, 0) is 17.7 Å². The van der Waals surface area contributed by atoms with Gasteiger partial charge in [0.1, 0.15) is 0 Å². The Morgan fingerprint density at radius 3 is 1.62 bits per heavy atom. The quantitative estimate of drug-likeness (QED) is 0.266. The summed E-state index contributed by atoms with van der Waals surface area (Å²) in [7, 11) is -1.66. The Kier molecular flexibility index (Phi) is 16.8. The average molecular weight is 441 g/mol. The maximum absolute atomic E-state index is 11.8. The molecular weight excluding hydrogens is 405 g/mol. The molecule has 0 bridgehead atoms. The Morgan fingerprint density at radius 2 is 1.31 bits per heavy atom. The first-order valence-corrected chi connectivity index (χ1v) is 14.6. The first-order chi connectivity index (χ1) is 12.0. The third-order valence-corrected chi connectivity index (χ3v) is 9.76. The lowest BCUT2D eigenvalue weighted by Crippen LogP contribution is -2.39. The number of hydrogen-bond acceptors (Lipinski definition) is 4. The van der Waals surface area contributed by atoms with Crippen molar-refractivity contribution in [2.75, 3.05) is 33.3 Å². The van der Waals surface area contributed by atoms with Gasteiger partial charge in [-0.05, 0) is 44.4 Å². The fourth-order valence-electron chi connectivity index (χ4n) is 1.87. The Balaban J connectivity index is 0. The van der Waals surface area contributed by atoms with E-state index in [1.165, 1.54) is 14.2 Å². The van der Waals surface area contributed by atoms with Crippen molar-refractivity contribution in [3.8, 4) is 0 Å². The number of alkyl halides is 4. The van der Waals surface area contributed by atoms with Gasteiger partial charge >= 0.3 is 23.3 Å². The van der Waals surface area contributed by atoms with Crippen molar-refractivity contribution in [1.29, 1.82) is 0 Å². The van der Waals surface area contributed by atoms with Crippen molar-refractivity contribution in [3.63, 3.8) is 0 Å². The molecule has 0 aromatic carbocycles. The van der Waals surface area contributed by atoms with E-state index in [0.717, 1.165) is 38.5 Å². The predicted octanol–water partition coefficient (Wildman–Crippen LogP) is 5.84. The van der Waals surface area contributed by atoms with Gasteiger partial charge in [0.15, 0.2) is 0 Å². The van der Waals surface area contributed by atoms with E-state index >= 15 is 0 Å². The van der Waals surface area contributed by atoms with Crippen LogP contribution in [-0.4, -0.2) is 56.6 Å². The Bertz CT molecular complexity index is 311. The van der Waals surface area contributed by atoms with Crippen molar-refractivity contribution < 1.29 is 30.9 Å². The van der Waals surface area contributed by atoms with E-state index in [1.54, 1.807) is 6.55 Å². The summed E-state index contributed by atoms with van der Waals surface area (Å²) in [5.74, 6) is 0.702. The zero-order valence-corrected chi connectivity index (χ0v) is 19.8. The molecule has 160 valence electrons. The number of hydrogen-bond donors (Lipinski definition) is 0. The molecule has 0 N–H and O–H groups in total. The Hall–Kier alpha value is 0.354. The summed E-state index contributed by atoms with van der Waals surface area (Å²) in [6, 6.07) is 0.958. The summed E-state index contributed by atoms with van der Waals surface area (Å²) in [6.45, 7) is 9.62. The molecule has 0 atom stereocenters. The summed E-state index contributed by atoms with van der Waals surface area (Å²) >= 11 is 5.69. The summed E-state index contributed by atoms with van der Waals surface area (Å²) in [6.07, 6.45) is -1.85. The molecule has 4 nitrogen and oxygen atoms in total. The molecule has 26 heavy (non-hydrogen) atoms. The van der Waals surface area contributed by atoms with Gasteiger partial charge in [-0.1, -0.05) is 13.8 Å². The van der Waals surface area contributed by atoms with Crippen molar-refractivity contribution in [3.05, 3.63) is 0 Å². The minimum absolute atomic E-state index is 0.0521. The molecule has 0 saturated heterocycles. The van der Waals surface area contributed by atoms with E-state index in [-0.39, 0.29) is 6.04 Å². The molecule has 0 aliphatic rings. The van der Waals surface area contributed by atoms with Crippen molar-refractivity contribution >= 4 is 28.7 Å². The van der Waals surface area contributed by atoms with Gasteiger partial charge in [-0.2, -0.15) is 13.2 Å². The van der Waals surface area contributed by atoms with Crippen LogP contribution >= 0.6 is 11.6 Å². The van der Waals surface area contributed by atoms with Gasteiger partial charge in [-0.15, -0.1) is 11.6 Å². The zero-order valence-electron chi connectivity index (χ0n) is 17.0. The molecule has 0 rings (SSSR count). The number of halogens is 4. The fraction of sp³-hybridized carbons (Fsp3) is 1.00. The summed E-state index contributed by atoms with van der Waals surface area (Å²) < 4.78 is 56.8. The molecular formula is C16H36ClF3O4Si2. The zero-order chi connectivity index (χ0) is 20.7. The standard InChI is InChI=1S/C10H23ClO2Si.C6H13F3O2Si/c1-4-8-12-14(3,10-6-7-11)13-9-5-2;1-10-12(3,11-2)5-4-6(7,8)9/h4-10H2,1-3H3;4-5H2,1-3H3. The van der Waals surface area contributed by atoms with Crippen LogP contribution < -0.4 is 0 Å². The molecule has 0 heterocycles. The molecule has 0 aromatic rings. The molecule has 0 amide bonds. The van der Waals surface area contributed by atoms with E-state index in [2.05, 4.69) is 20.4 Å². The first kappa shape index (κ1) is 28.6. The highest BCUT2D eigenvalue weighted by Gasteiger charge is 2.36. The fourth-order valence-corrected chi connectivity index (χ4v) is 6.00. The largest absolute Gasteiger partial charge is 0.398 e. The molecule has 0 spiro atoms. The minimum atomic E-state index is -4.12. The maximum atomic E-state index is 11.8. The van der Waals surface area contributed by atoms with Crippen LogP contribution in [0, 0.1) is 0 Å². The van der Waals surface area contributed by atoms with Crippen LogP contribution in [0.15, 0.2) is 0 Å². The van der Waals surface area contributed by atoms with Gasteiger partial charge in [0, 0.05) is 39.7 Å². The molecule has 0 unspecified atom stereocenters. The second-order valence-electron chi connectivity index (χ2n) is 6.28. The minimum Gasteiger partial charge on any atom is -0.398 e. The highest BCUT2D eigenvalue weighted by molar-refractivity contribution is 6.66. The number of rotatable bonds is 13. The van der Waals surface area contributed by atoms with Crippen molar-refractivity contribution in [1.82, 2.24) is 0 Å². The van der Waals surface area contributed by atoms with Gasteiger partial charge in [-0.3, -0.25) is 0 Å². The second-order valence-corrected chi connectivity index (χ2v) is 13.6. The first-order valence-electron chi connectivity index (χ1n) is 9.02. The molecule has 0 aliphatic carbocycles. The van der Waals surface area contributed by atoms with Gasteiger partial charge < -0.3 is 17.7 Å². The normalized spacial score (nSPS) is 12.7. The lowest BCUT2D eigenvalue weighted by Gasteiger charge is -2.26. The van der Waals surface area contributed by atoms with Gasteiger partial charge in [0.05, 0.1) is 0 Å². The lowest BCUT2D eigenvalue weighted by molar-refractivity contribution is -0.131. The predicted molar refractivity (Wildman–Crippen MR) is 105 cm³/mol. The van der Waals surface area contributed by atoms with E-state index in [0.29, 0.717) is 5.88 Å². The Labute approximate surface area is 164 Å². The molecule has 0 fully saturated rings. The SMILES string of the molecule is CCCO[Si](C)(CCCCl)OCCC.CO[Si](C)(CCC(F)(F)F)OC. The van der Waals surface area contributed by atoms with E-state index in [1.807, 2.05) is 0 Å². The second kappa shape index (κ2) is 15.3. The van der Waals surface area contributed by atoms with Crippen molar-refractivity contribution in [2.24, 2.45) is 0 Å². The summed E-state index contributed by atoms with van der Waals surface area (Å²) in [4.78, 5) is 0. The average Bonchev–Trinajstić information content (AvgIpc) is 2.61. The van der Waals surface area contributed by atoms with E-state index in [9.17, 15) is 13.2 Å². The highest BCUT2D eigenvalue weighted by Crippen LogP contribution is 2.26. The third-order valence-electron chi connectivity index (χ3n) is 3.71. The molecule has 0 aromatic heterocycles. The maximum Gasteiger partial charge on any atom is 0.389 e. The van der Waals surface area contributed by atoms with Crippen LogP contribution in [0.5, 0.6) is 0 Å². The Morgan fingerprint density at radius 1 is 0.846 bits per heavy atom. The van der Waals surface area contributed by atoms with Gasteiger partial charge in [0.2, 0.25) is 0 Å². The van der Waals surface area contributed by atoms with E-state index in [4.69, 9.17) is 29.3 Å². The smallest absolute Gasteiger partial charge is 0.389 e. The molecule has 10 heteroatoms. The molecule has 0 aliphatic heterocycles. The van der Waals surface area contributed by atoms with Crippen LogP contribution in [0.3, 0.4) is 0 Å². The van der Waals surface area contributed by atoms with Crippen LogP contribution in [0.1, 0.15) is 39.5 Å². The summed E-state index contributed by atoms with van der Waals surface area (Å²) in [5, 5.41) is 0. The van der Waals surface area contributed by atoms with Crippen LogP contribution in [0.25, 0.3) is 0 Å². The molecule has 0 radical (unpaired) electrons.